The largest absolute Gasteiger partial charge is 0.369 e. The minimum Gasteiger partial charge on any atom is -0.369 e. The summed E-state index contributed by atoms with van der Waals surface area (Å²) in [7, 11) is 0. The van der Waals surface area contributed by atoms with E-state index in [1.165, 1.54) is 11.1 Å². The van der Waals surface area contributed by atoms with E-state index in [4.69, 9.17) is 11.1 Å². The Morgan fingerprint density at radius 3 is 2.93 bits per heavy atom. The van der Waals surface area contributed by atoms with Gasteiger partial charge in [0.25, 0.3) is 0 Å². The van der Waals surface area contributed by atoms with Crippen LogP contribution >= 0.6 is 0 Å². The molecular formula is C10H14N4. The average Bonchev–Trinajstić information content (AvgIpc) is 2.44. The second kappa shape index (κ2) is 3.31. The molecule has 0 spiro atoms. The van der Waals surface area contributed by atoms with Crippen LogP contribution in [0.5, 0.6) is 0 Å². The van der Waals surface area contributed by atoms with Gasteiger partial charge in [0.1, 0.15) is 0 Å². The Balaban J connectivity index is 2.21. The lowest BCUT2D eigenvalue weighted by Gasteiger charge is -2.22. The smallest absolute Gasteiger partial charge is 0.200 e. The first-order chi connectivity index (χ1) is 6.68. The third-order valence-corrected chi connectivity index (χ3v) is 2.58. The third kappa shape index (κ3) is 1.44. The zero-order valence-corrected chi connectivity index (χ0v) is 8.12. The molecule has 0 aliphatic carbocycles. The molecule has 1 unspecified atom stereocenters. The fourth-order valence-corrected chi connectivity index (χ4v) is 1.87. The lowest BCUT2D eigenvalue weighted by Crippen LogP contribution is -2.43. The number of fused-ring (bicyclic) bond motifs is 1. The number of benzene rings is 1. The zero-order chi connectivity index (χ0) is 10.1. The first kappa shape index (κ1) is 9.02. The summed E-state index contributed by atoms with van der Waals surface area (Å²) in [6, 6.07) is 8.56. The van der Waals surface area contributed by atoms with Gasteiger partial charge in [-0.15, -0.1) is 0 Å². The van der Waals surface area contributed by atoms with Crippen molar-refractivity contribution in [1.82, 2.24) is 10.4 Å². The number of nitrogens with one attached hydrogen (secondary N) is 2. The van der Waals surface area contributed by atoms with E-state index in [0.717, 1.165) is 6.54 Å². The Kier molecular flexibility index (Phi) is 2.13. The molecule has 1 atom stereocenters. The van der Waals surface area contributed by atoms with Crippen LogP contribution in [0.25, 0.3) is 0 Å². The molecule has 0 fully saturated rings. The molecule has 2 rings (SSSR count). The van der Waals surface area contributed by atoms with E-state index in [-0.39, 0.29) is 12.0 Å². The number of hydrogen-bond donors (Lipinski definition) is 3. The molecule has 14 heavy (non-hydrogen) atoms. The molecule has 74 valence electrons. The van der Waals surface area contributed by atoms with E-state index in [1.54, 1.807) is 0 Å². The van der Waals surface area contributed by atoms with Gasteiger partial charge in [-0.2, -0.15) is 0 Å². The highest BCUT2D eigenvalue weighted by atomic mass is 15.5. The molecule has 1 aromatic rings. The van der Waals surface area contributed by atoms with Crippen LogP contribution in [0, 0.1) is 5.41 Å². The Hall–Kier alpha value is -1.55. The molecule has 0 saturated heterocycles. The summed E-state index contributed by atoms with van der Waals surface area (Å²) in [6.07, 6.45) is 0. The standard InChI is InChI=1S/C10H14N4/c1-7-9-5-3-2-4-8(9)6-14(7)13-10(11)12/h2-5,7H,6H2,1H3,(H4,11,12,13). The molecule has 4 heteroatoms. The maximum Gasteiger partial charge on any atom is 0.200 e. The molecular weight excluding hydrogens is 176 g/mol. The fourth-order valence-electron chi connectivity index (χ4n) is 1.87. The van der Waals surface area contributed by atoms with Crippen LogP contribution < -0.4 is 11.2 Å². The van der Waals surface area contributed by atoms with Crippen LogP contribution in [-0.2, 0) is 6.54 Å². The number of guanidine groups is 1. The Bertz CT molecular complexity index is 361. The van der Waals surface area contributed by atoms with Crippen LogP contribution in [0.2, 0.25) is 0 Å². The predicted octanol–water partition coefficient (Wildman–Crippen LogP) is 0.961. The fraction of sp³-hybridized carbons (Fsp3) is 0.300. The van der Waals surface area contributed by atoms with Gasteiger partial charge in [-0.05, 0) is 18.1 Å². The van der Waals surface area contributed by atoms with Gasteiger partial charge in [-0.1, -0.05) is 24.3 Å². The van der Waals surface area contributed by atoms with Crippen molar-refractivity contribution in [3.05, 3.63) is 35.4 Å². The predicted molar refractivity (Wildman–Crippen MR) is 55.4 cm³/mol. The summed E-state index contributed by atoms with van der Waals surface area (Å²) in [5.74, 6) is -0.00958. The highest BCUT2D eigenvalue weighted by Gasteiger charge is 2.26. The molecule has 0 radical (unpaired) electrons. The third-order valence-electron chi connectivity index (χ3n) is 2.58. The molecule has 0 aromatic heterocycles. The molecule has 1 aliphatic heterocycles. The highest BCUT2D eigenvalue weighted by molar-refractivity contribution is 5.73. The molecule has 0 amide bonds. The number of nitrogens with two attached hydrogens (primary N) is 1. The summed E-state index contributed by atoms with van der Waals surface area (Å²) in [6.45, 7) is 2.90. The van der Waals surface area contributed by atoms with Crippen molar-refractivity contribution in [3.8, 4) is 0 Å². The van der Waals surface area contributed by atoms with E-state index in [2.05, 4.69) is 24.5 Å². The van der Waals surface area contributed by atoms with Gasteiger partial charge in [-0.25, -0.2) is 5.01 Å². The van der Waals surface area contributed by atoms with Gasteiger partial charge >= 0.3 is 0 Å². The van der Waals surface area contributed by atoms with E-state index in [1.807, 2.05) is 17.1 Å². The topological polar surface area (TPSA) is 65.1 Å². The number of hydrazine groups is 1. The normalized spacial score (nSPS) is 20.5. The minimum atomic E-state index is -0.00958. The van der Waals surface area contributed by atoms with Crippen LogP contribution in [0.3, 0.4) is 0 Å². The first-order valence-electron chi connectivity index (χ1n) is 4.63. The molecule has 1 aromatic carbocycles. The SMILES string of the molecule is CC1c2ccccc2CN1NC(=N)N. The molecule has 0 saturated carbocycles. The van der Waals surface area contributed by atoms with Crippen molar-refractivity contribution in [2.75, 3.05) is 0 Å². The second-order valence-corrected chi connectivity index (χ2v) is 3.53. The van der Waals surface area contributed by atoms with Crippen LogP contribution in [0.4, 0.5) is 0 Å². The summed E-state index contributed by atoms with van der Waals surface area (Å²) < 4.78 is 0. The van der Waals surface area contributed by atoms with Gasteiger partial charge in [0.15, 0.2) is 0 Å². The molecule has 4 nitrogen and oxygen atoms in total. The lowest BCUT2D eigenvalue weighted by atomic mass is 10.1. The second-order valence-electron chi connectivity index (χ2n) is 3.53. The number of hydrogen-bond acceptors (Lipinski definition) is 2. The number of rotatable bonds is 1. The van der Waals surface area contributed by atoms with Gasteiger partial charge in [0.05, 0.1) is 6.04 Å². The summed E-state index contributed by atoms with van der Waals surface area (Å²) >= 11 is 0. The summed E-state index contributed by atoms with van der Waals surface area (Å²) in [5.41, 5.74) is 10.7. The van der Waals surface area contributed by atoms with E-state index in [9.17, 15) is 0 Å². The van der Waals surface area contributed by atoms with Gasteiger partial charge in [0.2, 0.25) is 5.96 Å². The van der Waals surface area contributed by atoms with Crippen LogP contribution in [0.15, 0.2) is 24.3 Å². The molecule has 1 heterocycles. The van der Waals surface area contributed by atoms with Gasteiger partial charge in [-0.3, -0.25) is 10.8 Å². The molecule has 4 N–H and O–H groups in total. The highest BCUT2D eigenvalue weighted by Crippen LogP contribution is 2.30. The van der Waals surface area contributed by atoms with E-state index >= 15 is 0 Å². The van der Waals surface area contributed by atoms with E-state index in [0.29, 0.717) is 0 Å². The summed E-state index contributed by atoms with van der Waals surface area (Å²) in [5, 5.41) is 9.15. The van der Waals surface area contributed by atoms with Crippen molar-refractivity contribution in [2.45, 2.75) is 19.5 Å². The van der Waals surface area contributed by atoms with E-state index < -0.39 is 0 Å². The van der Waals surface area contributed by atoms with Crippen molar-refractivity contribution in [3.63, 3.8) is 0 Å². The average molecular weight is 190 g/mol. The lowest BCUT2D eigenvalue weighted by molar-refractivity contribution is 0.189. The summed E-state index contributed by atoms with van der Waals surface area (Å²) in [4.78, 5) is 0. The van der Waals surface area contributed by atoms with Crippen LogP contribution in [-0.4, -0.2) is 11.0 Å². The van der Waals surface area contributed by atoms with Crippen molar-refractivity contribution in [2.24, 2.45) is 5.73 Å². The van der Waals surface area contributed by atoms with Gasteiger partial charge in [0, 0.05) is 6.54 Å². The van der Waals surface area contributed by atoms with Gasteiger partial charge < -0.3 is 5.73 Å². The van der Waals surface area contributed by atoms with Crippen molar-refractivity contribution < 1.29 is 0 Å². The Labute approximate surface area is 83.2 Å². The zero-order valence-electron chi connectivity index (χ0n) is 8.12. The van der Waals surface area contributed by atoms with Crippen molar-refractivity contribution >= 4 is 5.96 Å². The minimum absolute atomic E-state index is 0.00958. The van der Waals surface area contributed by atoms with Crippen molar-refractivity contribution in [1.29, 1.82) is 5.41 Å². The molecule has 0 bridgehead atoms. The Morgan fingerprint density at radius 2 is 2.29 bits per heavy atom. The monoisotopic (exact) mass is 190 g/mol. The quantitative estimate of drug-likeness (QED) is 0.456. The number of nitrogens with zero attached hydrogens (tertiary/aromatic N) is 1. The molecule has 1 aliphatic rings. The maximum atomic E-state index is 7.18. The maximum absolute atomic E-state index is 7.18. The first-order valence-corrected chi connectivity index (χ1v) is 4.63. The van der Waals surface area contributed by atoms with Crippen LogP contribution in [0.1, 0.15) is 24.1 Å². The Morgan fingerprint density at radius 1 is 1.57 bits per heavy atom.